The molecule has 2 aliphatic rings. The van der Waals surface area contributed by atoms with Gasteiger partial charge in [-0.2, -0.15) is 0 Å². The lowest BCUT2D eigenvalue weighted by molar-refractivity contribution is -0.131. The quantitative estimate of drug-likeness (QED) is 0.650. The second-order valence-electron chi connectivity index (χ2n) is 6.62. The van der Waals surface area contributed by atoms with E-state index in [1.54, 1.807) is 14.0 Å². The van der Waals surface area contributed by atoms with Gasteiger partial charge in [0.2, 0.25) is 11.8 Å². The van der Waals surface area contributed by atoms with Crippen molar-refractivity contribution in [2.75, 3.05) is 66.1 Å². The third kappa shape index (κ3) is 5.16. The molecule has 2 saturated heterocycles. The van der Waals surface area contributed by atoms with Crippen LogP contribution in [-0.2, 0) is 14.3 Å². The van der Waals surface area contributed by atoms with Crippen molar-refractivity contribution in [3.63, 3.8) is 0 Å². The summed E-state index contributed by atoms with van der Waals surface area (Å²) < 4.78 is 4.94. The zero-order chi connectivity index (χ0) is 16.8. The summed E-state index contributed by atoms with van der Waals surface area (Å²) >= 11 is 0. The summed E-state index contributed by atoms with van der Waals surface area (Å²) in [6, 6.07) is 0.482. The van der Waals surface area contributed by atoms with Crippen molar-refractivity contribution in [1.29, 1.82) is 0 Å². The summed E-state index contributed by atoms with van der Waals surface area (Å²) in [7, 11) is 1.63. The van der Waals surface area contributed by atoms with Gasteiger partial charge in [0.15, 0.2) is 0 Å². The van der Waals surface area contributed by atoms with Crippen molar-refractivity contribution in [3.05, 3.63) is 0 Å². The SMILES string of the molecule is COCCNC(=O)CN1C[C@H](C)[C@@H](N2CCN(C(C)=O)CC2)C1. The van der Waals surface area contributed by atoms with Crippen LogP contribution in [0.2, 0.25) is 0 Å². The van der Waals surface area contributed by atoms with E-state index in [0.29, 0.717) is 31.7 Å². The molecule has 7 heteroatoms. The van der Waals surface area contributed by atoms with Crippen LogP contribution in [0.1, 0.15) is 13.8 Å². The van der Waals surface area contributed by atoms with Crippen LogP contribution in [0.25, 0.3) is 0 Å². The molecule has 7 nitrogen and oxygen atoms in total. The molecule has 2 amide bonds. The monoisotopic (exact) mass is 326 g/mol. The van der Waals surface area contributed by atoms with Crippen LogP contribution in [0, 0.1) is 5.92 Å². The Bertz CT molecular complexity index is 410. The van der Waals surface area contributed by atoms with Crippen molar-refractivity contribution >= 4 is 11.8 Å². The van der Waals surface area contributed by atoms with Crippen LogP contribution in [0.15, 0.2) is 0 Å². The summed E-state index contributed by atoms with van der Waals surface area (Å²) in [5.41, 5.74) is 0. The Morgan fingerprint density at radius 2 is 1.87 bits per heavy atom. The van der Waals surface area contributed by atoms with Crippen LogP contribution in [0.3, 0.4) is 0 Å². The Kier molecular flexibility index (Phi) is 6.80. The molecule has 0 saturated carbocycles. The molecular weight excluding hydrogens is 296 g/mol. The van der Waals surface area contributed by atoms with Crippen LogP contribution < -0.4 is 5.32 Å². The highest BCUT2D eigenvalue weighted by Crippen LogP contribution is 2.22. The lowest BCUT2D eigenvalue weighted by Gasteiger charge is -2.39. The van der Waals surface area contributed by atoms with Crippen LogP contribution in [0.4, 0.5) is 0 Å². The van der Waals surface area contributed by atoms with Gasteiger partial charge in [0, 0.05) is 65.9 Å². The predicted molar refractivity (Wildman–Crippen MR) is 88.1 cm³/mol. The van der Waals surface area contributed by atoms with Gasteiger partial charge in [-0.05, 0) is 5.92 Å². The van der Waals surface area contributed by atoms with Crippen LogP contribution >= 0.6 is 0 Å². The third-order valence-corrected chi connectivity index (χ3v) is 4.87. The van der Waals surface area contributed by atoms with Crippen LogP contribution in [0.5, 0.6) is 0 Å². The molecule has 0 radical (unpaired) electrons. The molecule has 2 fully saturated rings. The number of likely N-dealkylation sites (tertiary alicyclic amines) is 1. The Morgan fingerprint density at radius 3 is 2.48 bits per heavy atom. The van der Waals surface area contributed by atoms with E-state index in [4.69, 9.17) is 4.74 Å². The molecule has 2 rings (SSSR count). The van der Waals surface area contributed by atoms with Crippen molar-refractivity contribution in [2.24, 2.45) is 5.92 Å². The maximum absolute atomic E-state index is 11.9. The largest absolute Gasteiger partial charge is 0.383 e. The summed E-state index contributed by atoms with van der Waals surface area (Å²) in [5.74, 6) is 0.778. The Morgan fingerprint density at radius 1 is 1.17 bits per heavy atom. The molecule has 0 aromatic heterocycles. The van der Waals surface area contributed by atoms with Gasteiger partial charge in [0.25, 0.3) is 0 Å². The fraction of sp³-hybridized carbons (Fsp3) is 0.875. The average molecular weight is 326 g/mol. The molecule has 23 heavy (non-hydrogen) atoms. The number of amides is 2. The van der Waals surface area contributed by atoms with Gasteiger partial charge in [-0.25, -0.2) is 0 Å². The molecule has 2 aliphatic heterocycles. The Hall–Kier alpha value is -1.18. The van der Waals surface area contributed by atoms with Crippen molar-refractivity contribution < 1.29 is 14.3 Å². The number of nitrogens with one attached hydrogen (secondary N) is 1. The molecule has 1 N–H and O–H groups in total. The maximum atomic E-state index is 11.9. The standard InChI is InChI=1S/C16H30N4O3/c1-13-10-18(12-16(22)17-4-9-23-3)11-15(13)20-7-5-19(6-8-20)14(2)21/h13,15H,4-12H2,1-3H3,(H,17,22)/t13-,15-/m0/s1. The van der Waals surface area contributed by atoms with E-state index >= 15 is 0 Å². The van der Waals surface area contributed by atoms with E-state index in [-0.39, 0.29) is 11.8 Å². The highest BCUT2D eigenvalue weighted by Gasteiger charge is 2.35. The fourth-order valence-electron chi connectivity index (χ4n) is 3.57. The predicted octanol–water partition coefficient (Wildman–Crippen LogP) is -0.767. The minimum Gasteiger partial charge on any atom is -0.383 e. The molecule has 0 bridgehead atoms. The van der Waals surface area contributed by atoms with Gasteiger partial charge in [-0.1, -0.05) is 6.92 Å². The fourth-order valence-corrected chi connectivity index (χ4v) is 3.57. The topological polar surface area (TPSA) is 65.1 Å². The first-order valence-corrected chi connectivity index (χ1v) is 8.48. The van der Waals surface area contributed by atoms with E-state index in [1.165, 1.54) is 0 Å². The molecule has 0 aliphatic carbocycles. The number of piperazine rings is 1. The number of carbonyl (C=O) groups is 2. The Balaban J connectivity index is 1.75. The normalized spacial score (nSPS) is 26.5. The lowest BCUT2D eigenvalue weighted by Crippen LogP contribution is -2.53. The molecule has 0 aromatic carbocycles. The highest BCUT2D eigenvalue weighted by atomic mass is 16.5. The zero-order valence-corrected chi connectivity index (χ0v) is 14.6. The average Bonchev–Trinajstić information content (AvgIpc) is 2.88. The van der Waals surface area contributed by atoms with Gasteiger partial charge in [0.05, 0.1) is 13.2 Å². The second-order valence-corrected chi connectivity index (χ2v) is 6.62. The molecule has 0 unspecified atom stereocenters. The smallest absolute Gasteiger partial charge is 0.234 e. The molecule has 132 valence electrons. The van der Waals surface area contributed by atoms with Gasteiger partial charge in [0.1, 0.15) is 0 Å². The van der Waals surface area contributed by atoms with E-state index in [2.05, 4.69) is 22.0 Å². The first kappa shape index (κ1) is 18.2. The first-order valence-electron chi connectivity index (χ1n) is 8.48. The summed E-state index contributed by atoms with van der Waals surface area (Å²) in [6.45, 7) is 10.8. The van der Waals surface area contributed by atoms with E-state index in [1.807, 2.05) is 4.90 Å². The zero-order valence-electron chi connectivity index (χ0n) is 14.6. The number of ether oxygens (including phenoxy) is 1. The van der Waals surface area contributed by atoms with Crippen molar-refractivity contribution in [1.82, 2.24) is 20.0 Å². The second kappa shape index (κ2) is 8.61. The van der Waals surface area contributed by atoms with E-state index in [9.17, 15) is 9.59 Å². The van der Waals surface area contributed by atoms with Gasteiger partial charge >= 0.3 is 0 Å². The third-order valence-electron chi connectivity index (χ3n) is 4.87. The summed E-state index contributed by atoms with van der Waals surface area (Å²) in [6.07, 6.45) is 0. The number of hydrogen-bond acceptors (Lipinski definition) is 5. The van der Waals surface area contributed by atoms with E-state index in [0.717, 1.165) is 39.3 Å². The van der Waals surface area contributed by atoms with Gasteiger partial charge < -0.3 is 15.0 Å². The lowest BCUT2D eigenvalue weighted by atomic mass is 10.0. The van der Waals surface area contributed by atoms with Gasteiger partial charge in [-0.15, -0.1) is 0 Å². The van der Waals surface area contributed by atoms with Crippen molar-refractivity contribution in [2.45, 2.75) is 19.9 Å². The summed E-state index contributed by atoms with van der Waals surface area (Å²) in [4.78, 5) is 30.0. The molecule has 0 spiro atoms. The highest BCUT2D eigenvalue weighted by molar-refractivity contribution is 5.78. The minimum atomic E-state index is 0.0660. The van der Waals surface area contributed by atoms with Crippen LogP contribution in [-0.4, -0.2) is 98.6 Å². The van der Waals surface area contributed by atoms with Gasteiger partial charge in [-0.3, -0.25) is 19.4 Å². The number of nitrogens with zero attached hydrogens (tertiary/aromatic N) is 3. The number of methoxy groups -OCH3 is 1. The summed E-state index contributed by atoms with van der Waals surface area (Å²) in [5, 5.41) is 2.87. The number of carbonyl (C=O) groups excluding carboxylic acids is 2. The maximum Gasteiger partial charge on any atom is 0.234 e. The first-order chi connectivity index (χ1) is 11.0. The number of hydrogen-bond donors (Lipinski definition) is 1. The van der Waals surface area contributed by atoms with Crippen molar-refractivity contribution in [3.8, 4) is 0 Å². The van der Waals surface area contributed by atoms with E-state index < -0.39 is 0 Å². The molecule has 0 aromatic rings. The molecular formula is C16H30N4O3. The Labute approximate surface area is 138 Å². The minimum absolute atomic E-state index is 0.0660. The molecule has 2 heterocycles. The molecule has 2 atom stereocenters. The number of rotatable bonds is 6.